The second-order valence-corrected chi connectivity index (χ2v) is 9.48. The summed E-state index contributed by atoms with van der Waals surface area (Å²) < 4.78 is 11.1. The average Bonchev–Trinajstić information content (AvgIpc) is 3.50. The van der Waals surface area contributed by atoms with E-state index in [0.717, 1.165) is 18.8 Å². The number of nitrogens with two attached hydrogens (primary N) is 1. The van der Waals surface area contributed by atoms with Gasteiger partial charge in [-0.25, -0.2) is 4.98 Å². The van der Waals surface area contributed by atoms with Crippen LogP contribution in [0, 0.1) is 5.92 Å². The average molecular weight is 491 g/mol. The largest absolute Gasteiger partial charge is 0.492 e. The van der Waals surface area contributed by atoms with Crippen LogP contribution in [0.15, 0.2) is 30.5 Å². The lowest BCUT2D eigenvalue weighted by molar-refractivity contribution is -0.116. The number of aliphatic hydroxyl groups excluding tert-OH is 1. The first-order chi connectivity index (χ1) is 16.5. The number of hydrogen-bond donors (Lipinski definition) is 4. The van der Waals surface area contributed by atoms with Crippen LogP contribution >= 0.6 is 11.3 Å². The Bertz CT molecular complexity index is 899. The molecule has 1 fully saturated rings. The van der Waals surface area contributed by atoms with Crippen LogP contribution in [0.5, 0.6) is 10.9 Å². The summed E-state index contributed by atoms with van der Waals surface area (Å²) in [6.45, 7) is 1.35. The summed E-state index contributed by atoms with van der Waals surface area (Å²) in [5.41, 5.74) is 5.63. The zero-order valence-corrected chi connectivity index (χ0v) is 20.1. The Labute approximate surface area is 204 Å². The number of nitrogens with one attached hydrogen (secondary N) is 2. The summed E-state index contributed by atoms with van der Waals surface area (Å²) in [6.07, 6.45) is 8.71. The van der Waals surface area contributed by atoms with Gasteiger partial charge in [-0.3, -0.25) is 9.59 Å². The molecule has 0 saturated heterocycles. The number of rotatable bonds is 15. The Morgan fingerprint density at radius 1 is 1.21 bits per heavy atom. The first-order valence-electron chi connectivity index (χ1n) is 11.8. The van der Waals surface area contributed by atoms with Gasteiger partial charge in [0.2, 0.25) is 11.8 Å². The maximum absolute atomic E-state index is 12.1. The third-order valence-corrected chi connectivity index (χ3v) is 6.53. The molecule has 1 aromatic heterocycles. The first kappa shape index (κ1) is 25.9. The number of thiazole rings is 1. The van der Waals surface area contributed by atoms with Crippen LogP contribution in [0.4, 0.5) is 5.00 Å². The third-order valence-electron chi connectivity index (χ3n) is 5.70. The van der Waals surface area contributed by atoms with Crippen molar-refractivity contribution >= 4 is 28.2 Å². The van der Waals surface area contributed by atoms with Gasteiger partial charge in [0.15, 0.2) is 0 Å². The molecule has 1 heterocycles. The number of hydrogen-bond acceptors (Lipinski definition) is 8. The second-order valence-electron chi connectivity index (χ2n) is 8.49. The maximum atomic E-state index is 12.1. The molecule has 9 nitrogen and oxygen atoms in total. The SMILES string of the molecule is NC(=O)c1ccc(OCCNCC(O)COc2ncc(NC(=O)CCCC3CCCC3)s2)cc1. The molecular formula is C24H34N4O5S. The van der Waals surface area contributed by atoms with Gasteiger partial charge in [0.1, 0.15) is 30.1 Å². The van der Waals surface area contributed by atoms with Gasteiger partial charge in [-0.05, 0) is 43.0 Å². The molecule has 2 aromatic rings. The van der Waals surface area contributed by atoms with Crippen LogP contribution in [0.25, 0.3) is 0 Å². The standard InChI is InChI=1S/C24H34N4O5S/c25-23(31)18-8-10-20(11-9-18)32-13-12-26-14-19(29)16-33-24-27-15-22(34-24)28-21(30)7-3-6-17-4-1-2-5-17/h8-11,15,17,19,26,29H,1-7,12-14,16H2,(H2,25,31)(H,28,30). The van der Waals surface area contributed by atoms with E-state index in [9.17, 15) is 14.7 Å². The normalized spacial score (nSPS) is 14.6. The van der Waals surface area contributed by atoms with Gasteiger partial charge in [0, 0.05) is 25.1 Å². The molecule has 1 aliphatic carbocycles. The minimum atomic E-state index is -0.715. The van der Waals surface area contributed by atoms with Crippen molar-refractivity contribution in [1.29, 1.82) is 0 Å². The number of ether oxygens (including phenoxy) is 2. The Hall–Kier alpha value is -2.69. The number of carbonyl (C=O) groups is 2. The molecule has 0 bridgehead atoms. The highest BCUT2D eigenvalue weighted by molar-refractivity contribution is 7.17. The molecule has 1 unspecified atom stereocenters. The summed E-state index contributed by atoms with van der Waals surface area (Å²) in [6, 6.07) is 6.59. The smallest absolute Gasteiger partial charge is 0.275 e. The summed E-state index contributed by atoms with van der Waals surface area (Å²) >= 11 is 1.25. The molecule has 2 amide bonds. The number of benzene rings is 1. The fraction of sp³-hybridized carbons (Fsp3) is 0.542. The molecule has 0 radical (unpaired) electrons. The quantitative estimate of drug-likeness (QED) is 0.282. The fourth-order valence-corrected chi connectivity index (χ4v) is 4.58. The van der Waals surface area contributed by atoms with Gasteiger partial charge in [0.05, 0.1) is 6.20 Å². The third kappa shape index (κ3) is 9.28. The number of primary amides is 1. The van der Waals surface area contributed by atoms with Crippen molar-refractivity contribution in [3.63, 3.8) is 0 Å². The molecule has 0 aliphatic heterocycles. The van der Waals surface area contributed by atoms with Crippen LogP contribution in [-0.2, 0) is 4.79 Å². The second kappa shape index (κ2) is 13.9. The van der Waals surface area contributed by atoms with E-state index in [2.05, 4.69) is 15.6 Å². The van der Waals surface area contributed by atoms with Gasteiger partial charge in [0.25, 0.3) is 5.19 Å². The number of nitrogens with zero attached hydrogens (tertiary/aromatic N) is 1. The molecular weight excluding hydrogens is 456 g/mol. The maximum Gasteiger partial charge on any atom is 0.275 e. The summed E-state index contributed by atoms with van der Waals surface area (Å²) in [4.78, 5) is 27.3. The van der Waals surface area contributed by atoms with E-state index in [0.29, 0.717) is 47.6 Å². The van der Waals surface area contributed by atoms with E-state index >= 15 is 0 Å². The van der Waals surface area contributed by atoms with Crippen molar-refractivity contribution in [2.24, 2.45) is 11.7 Å². The minimum Gasteiger partial charge on any atom is -0.492 e. The van der Waals surface area contributed by atoms with E-state index in [4.69, 9.17) is 15.2 Å². The topological polar surface area (TPSA) is 136 Å². The van der Waals surface area contributed by atoms with Crippen LogP contribution in [0.2, 0.25) is 0 Å². The molecule has 1 aliphatic rings. The van der Waals surface area contributed by atoms with Gasteiger partial charge in [-0.1, -0.05) is 37.0 Å². The van der Waals surface area contributed by atoms with E-state index in [-0.39, 0.29) is 12.5 Å². The summed E-state index contributed by atoms with van der Waals surface area (Å²) in [5.74, 6) is 0.958. The summed E-state index contributed by atoms with van der Waals surface area (Å²) in [7, 11) is 0. The van der Waals surface area contributed by atoms with Crippen LogP contribution in [-0.4, -0.2) is 54.3 Å². The Morgan fingerprint density at radius 3 is 2.71 bits per heavy atom. The Balaban J connectivity index is 1.23. The van der Waals surface area contributed by atoms with Crippen molar-refractivity contribution < 1.29 is 24.2 Å². The molecule has 5 N–H and O–H groups in total. The molecule has 1 aromatic carbocycles. The molecule has 3 rings (SSSR count). The van der Waals surface area contributed by atoms with Crippen LogP contribution in [0.3, 0.4) is 0 Å². The number of aliphatic hydroxyl groups is 1. The summed E-state index contributed by atoms with van der Waals surface area (Å²) in [5, 5.41) is 17.1. The van der Waals surface area contributed by atoms with Crippen molar-refractivity contribution in [2.45, 2.75) is 51.0 Å². The lowest BCUT2D eigenvalue weighted by atomic mass is 10.0. The highest BCUT2D eigenvalue weighted by Crippen LogP contribution is 2.29. The number of aromatic nitrogens is 1. The molecule has 34 heavy (non-hydrogen) atoms. The van der Waals surface area contributed by atoms with E-state index in [1.54, 1.807) is 30.5 Å². The van der Waals surface area contributed by atoms with E-state index in [1.165, 1.54) is 37.0 Å². The molecule has 0 spiro atoms. The Kier molecular flexibility index (Phi) is 10.6. The highest BCUT2D eigenvalue weighted by atomic mass is 32.1. The molecule has 1 saturated carbocycles. The van der Waals surface area contributed by atoms with Crippen molar-refractivity contribution in [1.82, 2.24) is 10.3 Å². The van der Waals surface area contributed by atoms with Crippen molar-refractivity contribution in [2.75, 3.05) is 31.6 Å². The van der Waals surface area contributed by atoms with Crippen molar-refractivity contribution in [3.05, 3.63) is 36.0 Å². The Morgan fingerprint density at radius 2 is 1.97 bits per heavy atom. The van der Waals surface area contributed by atoms with Crippen LogP contribution < -0.4 is 25.8 Å². The van der Waals surface area contributed by atoms with Gasteiger partial charge in [-0.15, -0.1) is 0 Å². The number of carbonyl (C=O) groups excluding carboxylic acids is 2. The van der Waals surface area contributed by atoms with E-state index in [1.807, 2.05) is 0 Å². The highest BCUT2D eigenvalue weighted by Gasteiger charge is 2.15. The van der Waals surface area contributed by atoms with Gasteiger partial charge in [-0.2, -0.15) is 0 Å². The first-order valence-corrected chi connectivity index (χ1v) is 12.6. The number of amides is 2. The van der Waals surface area contributed by atoms with Gasteiger partial charge >= 0.3 is 0 Å². The van der Waals surface area contributed by atoms with Crippen molar-refractivity contribution in [3.8, 4) is 10.9 Å². The predicted molar refractivity (Wildman–Crippen MR) is 131 cm³/mol. The molecule has 10 heteroatoms. The minimum absolute atomic E-state index is 0.00321. The predicted octanol–water partition coefficient (Wildman–Crippen LogP) is 2.95. The monoisotopic (exact) mass is 490 g/mol. The zero-order chi connectivity index (χ0) is 24.2. The lowest BCUT2D eigenvalue weighted by Gasteiger charge is -2.12. The molecule has 186 valence electrons. The molecule has 1 atom stereocenters. The van der Waals surface area contributed by atoms with Gasteiger partial charge < -0.3 is 30.9 Å². The number of anilines is 1. The van der Waals surface area contributed by atoms with E-state index < -0.39 is 12.0 Å². The van der Waals surface area contributed by atoms with Crippen LogP contribution in [0.1, 0.15) is 55.3 Å². The zero-order valence-electron chi connectivity index (χ0n) is 19.3. The fourth-order valence-electron chi connectivity index (χ4n) is 3.88. The lowest BCUT2D eigenvalue weighted by Crippen LogP contribution is -2.33.